The fourth-order valence-corrected chi connectivity index (χ4v) is 2.16. The molecule has 0 saturated heterocycles. The molecule has 16 heavy (non-hydrogen) atoms. The largest absolute Gasteiger partial charge is 0.392 e. The lowest BCUT2D eigenvalue weighted by molar-refractivity contribution is 0.282. The SMILES string of the molecule is CN(C)CCN(C)c1ccc(CO)cc1Br. The van der Waals surface area contributed by atoms with E-state index >= 15 is 0 Å². The highest BCUT2D eigenvalue weighted by Gasteiger charge is 2.06. The summed E-state index contributed by atoms with van der Waals surface area (Å²) in [4.78, 5) is 4.36. The first-order valence-corrected chi connectivity index (χ1v) is 6.09. The number of hydrogen-bond donors (Lipinski definition) is 1. The molecule has 0 aliphatic rings. The van der Waals surface area contributed by atoms with Crippen LogP contribution < -0.4 is 4.90 Å². The van der Waals surface area contributed by atoms with Crippen molar-refractivity contribution in [2.75, 3.05) is 39.1 Å². The van der Waals surface area contributed by atoms with Crippen molar-refractivity contribution in [1.29, 1.82) is 0 Å². The maximum absolute atomic E-state index is 9.03. The summed E-state index contributed by atoms with van der Waals surface area (Å²) in [6.07, 6.45) is 0. The highest BCUT2D eigenvalue weighted by Crippen LogP contribution is 2.26. The molecule has 0 radical (unpaired) electrons. The highest BCUT2D eigenvalue weighted by molar-refractivity contribution is 9.10. The van der Waals surface area contributed by atoms with Crippen LogP contribution in [0.3, 0.4) is 0 Å². The first kappa shape index (κ1) is 13.5. The first-order chi connectivity index (χ1) is 7.54. The van der Waals surface area contributed by atoms with Gasteiger partial charge < -0.3 is 14.9 Å². The molecule has 0 aliphatic carbocycles. The molecule has 90 valence electrons. The van der Waals surface area contributed by atoms with Crippen molar-refractivity contribution < 1.29 is 5.11 Å². The molecule has 3 nitrogen and oxygen atoms in total. The van der Waals surface area contributed by atoms with Gasteiger partial charge in [-0.25, -0.2) is 0 Å². The van der Waals surface area contributed by atoms with Crippen molar-refractivity contribution in [1.82, 2.24) is 4.90 Å². The zero-order valence-corrected chi connectivity index (χ0v) is 11.7. The fraction of sp³-hybridized carbons (Fsp3) is 0.500. The van der Waals surface area contributed by atoms with Crippen LogP contribution in [-0.2, 0) is 6.61 Å². The first-order valence-electron chi connectivity index (χ1n) is 5.29. The molecule has 1 aromatic carbocycles. The van der Waals surface area contributed by atoms with Crippen molar-refractivity contribution in [3.63, 3.8) is 0 Å². The molecule has 0 atom stereocenters. The van der Waals surface area contributed by atoms with Gasteiger partial charge in [-0.05, 0) is 47.7 Å². The summed E-state index contributed by atoms with van der Waals surface area (Å²) in [5, 5.41) is 9.03. The molecular weight excluding hydrogens is 268 g/mol. The molecule has 4 heteroatoms. The Balaban J connectivity index is 2.71. The molecule has 1 N–H and O–H groups in total. The van der Waals surface area contributed by atoms with Gasteiger partial charge in [0.1, 0.15) is 0 Å². The lowest BCUT2D eigenvalue weighted by Gasteiger charge is -2.23. The Labute approximate surface area is 106 Å². The number of aliphatic hydroxyl groups is 1. The molecule has 0 heterocycles. The summed E-state index contributed by atoms with van der Waals surface area (Å²) >= 11 is 3.53. The lowest BCUT2D eigenvalue weighted by Crippen LogP contribution is -2.28. The minimum Gasteiger partial charge on any atom is -0.392 e. The Kier molecular flexibility index (Phi) is 5.25. The van der Waals surface area contributed by atoms with Crippen molar-refractivity contribution in [2.24, 2.45) is 0 Å². The summed E-state index contributed by atoms with van der Waals surface area (Å²) in [7, 11) is 6.21. The van der Waals surface area contributed by atoms with E-state index in [-0.39, 0.29) is 6.61 Å². The Hall–Kier alpha value is -0.580. The van der Waals surface area contributed by atoms with Crippen LogP contribution in [0.4, 0.5) is 5.69 Å². The minimum atomic E-state index is 0.0836. The van der Waals surface area contributed by atoms with Gasteiger partial charge in [-0.3, -0.25) is 0 Å². The van der Waals surface area contributed by atoms with Gasteiger partial charge in [0.25, 0.3) is 0 Å². The monoisotopic (exact) mass is 286 g/mol. The summed E-state index contributed by atoms with van der Waals surface area (Å²) in [5.74, 6) is 0. The van der Waals surface area contributed by atoms with E-state index in [1.165, 1.54) is 0 Å². The van der Waals surface area contributed by atoms with Crippen molar-refractivity contribution in [3.05, 3.63) is 28.2 Å². The molecule has 0 fully saturated rings. The van der Waals surface area contributed by atoms with Crippen LogP contribution in [0.5, 0.6) is 0 Å². The van der Waals surface area contributed by atoms with Gasteiger partial charge in [-0.1, -0.05) is 6.07 Å². The summed E-state index contributed by atoms with van der Waals surface area (Å²) in [6, 6.07) is 5.94. The topological polar surface area (TPSA) is 26.7 Å². The third kappa shape index (κ3) is 3.77. The maximum Gasteiger partial charge on any atom is 0.0682 e. The molecule has 0 saturated carbocycles. The van der Waals surface area contributed by atoms with Crippen LogP contribution in [-0.4, -0.2) is 44.2 Å². The molecule has 0 spiro atoms. The molecule has 1 rings (SSSR count). The number of rotatable bonds is 5. The molecule has 0 amide bonds. The zero-order valence-electron chi connectivity index (χ0n) is 10.1. The maximum atomic E-state index is 9.03. The molecule has 0 unspecified atom stereocenters. The van der Waals surface area contributed by atoms with Gasteiger partial charge in [0.2, 0.25) is 0 Å². The number of likely N-dealkylation sites (N-methyl/N-ethyl adjacent to an activating group) is 2. The van der Waals surface area contributed by atoms with Gasteiger partial charge in [-0.15, -0.1) is 0 Å². The quantitative estimate of drug-likeness (QED) is 0.896. The summed E-state index contributed by atoms with van der Waals surface area (Å²) < 4.78 is 1.03. The highest BCUT2D eigenvalue weighted by atomic mass is 79.9. The molecule has 0 aromatic heterocycles. The number of halogens is 1. The number of aliphatic hydroxyl groups excluding tert-OH is 1. The van der Waals surface area contributed by atoms with E-state index in [1.807, 2.05) is 18.2 Å². The van der Waals surface area contributed by atoms with E-state index in [1.54, 1.807) is 0 Å². The third-order valence-corrected chi connectivity index (χ3v) is 3.12. The average molecular weight is 287 g/mol. The van der Waals surface area contributed by atoms with Crippen molar-refractivity contribution in [3.8, 4) is 0 Å². The Morgan fingerprint density at radius 1 is 1.19 bits per heavy atom. The number of benzene rings is 1. The van der Waals surface area contributed by atoms with E-state index in [0.717, 1.165) is 28.8 Å². The van der Waals surface area contributed by atoms with E-state index in [2.05, 4.69) is 46.9 Å². The summed E-state index contributed by atoms with van der Waals surface area (Å²) in [6.45, 7) is 2.08. The van der Waals surface area contributed by atoms with Gasteiger partial charge >= 0.3 is 0 Å². The van der Waals surface area contributed by atoms with E-state index in [9.17, 15) is 0 Å². The molecule has 0 aliphatic heterocycles. The van der Waals surface area contributed by atoms with Gasteiger partial charge in [0.15, 0.2) is 0 Å². The predicted octanol–water partition coefficient (Wildman–Crippen LogP) is 1.94. The molecular formula is C12H19BrN2O. The lowest BCUT2D eigenvalue weighted by atomic mass is 10.2. The summed E-state index contributed by atoms with van der Waals surface area (Å²) in [5.41, 5.74) is 2.08. The van der Waals surface area contributed by atoms with Crippen molar-refractivity contribution >= 4 is 21.6 Å². The van der Waals surface area contributed by atoms with Crippen molar-refractivity contribution in [2.45, 2.75) is 6.61 Å². The van der Waals surface area contributed by atoms with Crippen LogP contribution >= 0.6 is 15.9 Å². The second-order valence-corrected chi connectivity index (χ2v) is 5.02. The standard InChI is InChI=1S/C12H19BrN2O/c1-14(2)6-7-15(3)12-5-4-10(9-16)8-11(12)13/h4-5,8,16H,6-7,9H2,1-3H3. The number of anilines is 1. The minimum absolute atomic E-state index is 0.0836. The fourth-order valence-electron chi connectivity index (χ4n) is 1.43. The Morgan fingerprint density at radius 2 is 1.88 bits per heavy atom. The smallest absolute Gasteiger partial charge is 0.0682 e. The normalized spacial score (nSPS) is 10.9. The zero-order chi connectivity index (χ0) is 12.1. The number of nitrogens with zero attached hydrogens (tertiary/aromatic N) is 2. The van der Waals surface area contributed by atoms with Crippen LogP contribution in [0.2, 0.25) is 0 Å². The molecule has 1 aromatic rings. The Bertz CT molecular complexity index is 342. The van der Waals surface area contributed by atoms with Gasteiger partial charge in [0.05, 0.1) is 12.3 Å². The van der Waals surface area contributed by atoms with Gasteiger partial charge in [0, 0.05) is 24.6 Å². The second-order valence-electron chi connectivity index (χ2n) is 4.17. The van der Waals surface area contributed by atoms with Crippen LogP contribution in [0, 0.1) is 0 Å². The third-order valence-electron chi connectivity index (χ3n) is 2.49. The average Bonchev–Trinajstić information content (AvgIpc) is 2.25. The Morgan fingerprint density at radius 3 is 2.38 bits per heavy atom. The van der Waals surface area contributed by atoms with Crippen LogP contribution in [0.25, 0.3) is 0 Å². The van der Waals surface area contributed by atoms with E-state index in [4.69, 9.17) is 5.11 Å². The number of hydrogen-bond acceptors (Lipinski definition) is 3. The van der Waals surface area contributed by atoms with Crippen LogP contribution in [0.1, 0.15) is 5.56 Å². The van der Waals surface area contributed by atoms with E-state index < -0.39 is 0 Å². The predicted molar refractivity (Wildman–Crippen MR) is 71.9 cm³/mol. The van der Waals surface area contributed by atoms with Gasteiger partial charge in [-0.2, -0.15) is 0 Å². The van der Waals surface area contributed by atoms with Crippen LogP contribution in [0.15, 0.2) is 22.7 Å². The second kappa shape index (κ2) is 6.23. The molecule has 0 bridgehead atoms. The van der Waals surface area contributed by atoms with E-state index in [0.29, 0.717) is 0 Å².